The Morgan fingerprint density at radius 2 is 2.17 bits per heavy atom. The monoisotopic (exact) mass is 347 g/mol. The summed E-state index contributed by atoms with van der Waals surface area (Å²) in [6.07, 6.45) is 1.43. The number of amides is 1. The van der Waals surface area contributed by atoms with Crippen LogP contribution in [0.3, 0.4) is 0 Å². The fourth-order valence-electron chi connectivity index (χ4n) is 1.83. The third kappa shape index (κ3) is 5.06. The normalized spacial score (nSPS) is 10.6. The number of hydrogen-bond acceptors (Lipinski definition) is 5. The van der Waals surface area contributed by atoms with Gasteiger partial charge in [0.2, 0.25) is 0 Å². The number of benzene rings is 2. The van der Waals surface area contributed by atoms with Crippen LogP contribution in [0.25, 0.3) is 0 Å². The van der Waals surface area contributed by atoms with Gasteiger partial charge in [0.15, 0.2) is 12.4 Å². The molecule has 0 aliphatic carbocycles. The second-order valence-electron chi connectivity index (χ2n) is 4.87. The minimum absolute atomic E-state index is 0.0274. The van der Waals surface area contributed by atoms with Crippen LogP contribution in [-0.2, 0) is 4.79 Å². The van der Waals surface area contributed by atoms with Gasteiger partial charge in [-0.3, -0.25) is 14.9 Å². The number of halogens is 1. The van der Waals surface area contributed by atoms with Gasteiger partial charge in [-0.25, -0.2) is 5.43 Å². The first-order chi connectivity index (χ1) is 11.5. The van der Waals surface area contributed by atoms with Gasteiger partial charge in [0.1, 0.15) is 0 Å². The maximum atomic E-state index is 11.7. The third-order valence-electron chi connectivity index (χ3n) is 2.92. The van der Waals surface area contributed by atoms with E-state index in [2.05, 4.69) is 10.5 Å². The summed E-state index contributed by atoms with van der Waals surface area (Å²) in [7, 11) is 0. The standard InChI is InChI=1S/C16H14ClN3O4/c1-11-5-6-15(14(7-11)20(22)23)24-10-16(21)19-18-9-12-3-2-4-13(17)8-12/h2-9H,10H2,1H3,(H,19,21). The molecule has 0 heterocycles. The first-order valence-corrected chi connectivity index (χ1v) is 7.29. The van der Waals surface area contributed by atoms with Crippen molar-refractivity contribution < 1.29 is 14.5 Å². The smallest absolute Gasteiger partial charge is 0.311 e. The summed E-state index contributed by atoms with van der Waals surface area (Å²) in [6.45, 7) is 1.34. The lowest BCUT2D eigenvalue weighted by Gasteiger charge is -2.06. The number of nitro groups is 1. The Bertz CT molecular complexity index is 793. The molecule has 8 heteroatoms. The predicted octanol–water partition coefficient (Wildman–Crippen LogP) is 3.09. The number of ether oxygens (including phenoxy) is 1. The van der Waals surface area contributed by atoms with Crippen molar-refractivity contribution in [1.29, 1.82) is 0 Å². The molecule has 0 aliphatic heterocycles. The molecule has 0 saturated heterocycles. The Morgan fingerprint density at radius 1 is 1.38 bits per heavy atom. The van der Waals surface area contributed by atoms with Gasteiger partial charge in [-0.2, -0.15) is 5.10 Å². The molecular formula is C16H14ClN3O4. The number of rotatable bonds is 6. The summed E-state index contributed by atoms with van der Waals surface area (Å²) >= 11 is 5.83. The van der Waals surface area contributed by atoms with E-state index in [0.717, 1.165) is 11.1 Å². The van der Waals surface area contributed by atoms with Crippen LogP contribution < -0.4 is 10.2 Å². The fourth-order valence-corrected chi connectivity index (χ4v) is 2.03. The van der Waals surface area contributed by atoms with E-state index < -0.39 is 17.4 Å². The third-order valence-corrected chi connectivity index (χ3v) is 3.16. The van der Waals surface area contributed by atoms with E-state index in [1.165, 1.54) is 18.3 Å². The predicted molar refractivity (Wildman–Crippen MR) is 90.5 cm³/mol. The molecule has 1 amide bonds. The molecule has 24 heavy (non-hydrogen) atoms. The summed E-state index contributed by atoms with van der Waals surface area (Å²) < 4.78 is 5.19. The maximum Gasteiger partial charge on any atom is 0.311 e. The fraction of sp³-hybridized carbons (Fsp3) is 0.125. The molecule has 0 unspecified atom stereocenters. The van der Waals surface area contributed by atoms with Gasteiger partial charge in [0, 0.05) is 11.1 Å². The molecule has 0 saturated carbocycles. The van der Waals surface area contributed by atoms with Gasteiger partial charge in [-0.1, -0.05) is 29.8 Å². The van der Waals surface area contributed by atoms with Crippen molar-refractivity contribution in [3.8, 4) is 5.75 Å². The Hall–Kier alpha value is -2.93. The van der Waals surface area contributed by atoms with Crippen molar-refractivity contribution in [1.82, 2.24) is 5.43 Å². The van der Waals surface area contributed by atoms with Crippen molar-refractivity contribution in [3.63, 3.8) is 0 Å². The highest BCUT2D eigenvalue weighted by Gasteiger charge is 2.16. The van der Waals surface area contributed by atoms with E-state index in [9.17, 15) is 14.9 Å². The number of nitrogens with zero attached hydrogens (tertiary/aromatic N) is 2. The molecule has 7 nitrogen and oxygen atoms in total. The average Bonchev–Trinajstić information content (AvgIpc) is 2.53. The van der Waals surface area contributed by atoms with Crippen molar-refractivity contribution >= 4 is 29.4 Å². The highest BCUT2D eigenvalue weighted by molar-refractivity contribution is 6.30. The number of nitrogens with one attached hydrogen (secondary N) is 1. The van der Waals surface area contributed by atoms with Crippen molar-refractivity contribution in [3.05, 3.63) is 68.7 Å². The van der Waals surface area contributed by atoms with Gasteiger partial charge >= 0.3 is 5.69 Å². The molecule has 1 N–H and O–H groups in total. The first-order valence-electron chi connectivity index (χ1n) is 6.91. The Balaban J connectivity index is 1.91. The summed E-state index contributed by atoms with van der Waals surface area (Å²) in [6, 6.07) is 11.4. The molecule has 0 aromatic heterocycles. The lowest BCUT2D eigenvalue weighted by atomic mass is 10.2. The van der Waals surface area contributed by atoms with E-state index in [4.69, 9.17) is 16.3 Å². The highest BCUT2D eigenvalue weighted by Crippen LogP contribution is 2.27. The molecule has 2 aromatic carbocycles. The molecular weight excluding hydrogens is 334 g/mol. The van der Waals surface area contributed by atoms with Crippen molar-refractivity contribution in [2.45, 2.75) is 6.92 Å². The highest BCUT2D eigenvalue weighted by atomic mass is 35.5. The minimum atomic E-state index is -0.558. The topological polar surface area (TPSA) is 93.8 Å². The van der Waals surface area contributed by atoms with Crippen LogP contribution in [0.2, 0.25) is 5.02 Å². The molecule has 2 aromatic rings. The maximum absolute atomic E-state index is 11.7. The van der Waals surface area contributed by atoms with E-state index in [0.29, 0.717) is 5.02 Å². The zero-order valence-electron chi connectivity index (χ0n) is 12.7. The Kier molecular flexibility index (Phi) is 5.86. The molecule has 0 atom stereocenters. The quantitative estimate of drug-likeness (QED) is 0.493. The lowest BCUT2D eigenvalue weighted by Crippen LogP contribution is -2.24. The van der Waals surface area contributed by atoms with Crippen LogP contribution in [0.5, 0.6) is 5.75 Å². The molecule has 2 rings (SSSR count). The van der Waals surface area contributed by atoms with Crippen LogP contribution in [0.15, 0.2) is 47.6 Å². The van der Waals surface area contributed by atoms with Crippen LogP contribution >= 0.6 is 11.6 Å². The average molecular weight is 348 g/mol. The molecule has 124 valence electrons. The lowest BCUT2D eigenvalue weighted by molar-refractivity contribution is -0.385. The minimum Gasteiger partial charge on any atom is -0.477 e. The molecule has 0 spiro atoms. The molecule has 0 radical (unpaired) electrons. The van der Waals surface area contributed by atoms with E-state index in [-0.39, 0.29) is 11.4 Å². The van der Waals surface area contributed by atoms with E-state index in [1.807, 2.05) is 0 Å². The summed E-state index contributed by atoms with van der Waals surface area (Å²) in [5.74, 6) is -0.511. The second kappa shape index (κ2) is 8.07. The number of carbonyl (C=O) groups excluding carboxylic acids is 1. The number of hydrazone groups is 1. The molecule has 0 fully saturated rings. The van der Waals surface area contributed by atoms with Crippen molar-refractivity contribution in [2.24, 2.45) is 5.10 Å². The van der Waals surface area contributed by atoms with E-state index >= 15 is 0 Å². The summed E-state index contributed by atoms with van der Waals surface area (Å²) in [5, 5.41) is 15.3. The summed E-state index contributed by atoms with van der Waals surface area (Å²) in [5.41, 5.74) is 3.53. The van der Waals surface area contributed by atoms with Crippen molar-refractivity contribution in [2.75, 3.05) is 6.61 Å². The number of carbonyl (C=O) groups is 1. The SMILES string of the molecule is Cc1ccc(OCC(=O)NN=Cc2cccc(Cl)c2)c([N+](=O)[O-])c1. The summed E-state index contributed by atoms with van der Waals surface area (Å²) in [4.78, 5) is 22.1. The van der Waals surface area contributed by atoms with Crippen LogP contribution in [0, 0.1) is 17.0 Å². The van der Waals surface area contributed by atoms with Crippen LogP contribution in [0.4, 0.5) is 5.69 Å². The van der Waals surface area contributed by atoms with Crippen LogP contribution in [-0.4, -0.2) is 23.7 Å². The Labute approximate surface area is 143 Å². The Morgan fingerprint density at radius 3 is 2.88 bits per heavy atom. The van der Waals surface area contributed by atoms with Crippen LogP contribution in [0.1, 0.15) is 11.1 Å². The van der Waals surface area contributed by atoms with Gasteiger partial charge in [0.25, 0.3) is 5.91 Å². The zero-order chi connectivity index (χ0) is 17.5. The number of hydrogen-bond donors (Lipinski definition) is 1. The van der Waals surface area contributed by atoms with Gasteiger partial charge in [-0.15, -0.1) is 0 Å². The second-order valence-corrected chi connectivity index (χ2v) is 5.30. The van der Waals surface area contributed by atoms with E-state index in [1.54, 1.807) is 37.3 Å². The van der Waals surface area contributed by atoms with Gasteiger partial charge < -0.3 is 4.74 Å². The number of nitro benzene ring substituents is 1. The molecule has 0 bridgehead atoms. The van der Waals surface area contributed by atoms with Gasteiger partial charge in [-0.05, 0) is 36.2 Å². The first kappa shape index (κ1) is 17.4. The largest absolute Gasteiger partial charge is 0.477 e. The molecule has 0 aliphatic rings. The van der Waals surface area contributed by atoms with Gasteiger partial charge in [0.05, 0.1) is 11.1 Å². The zero-order valence-corrected chi connectivity index (χ0v) is 13.5. The number of aryl methyl sites for hydroxylation is 1.